The van der Waals surface area contributed by atoms with Gasteiger partial charge in [-0.05, 0) is 37.6 Å². The van der Waals surface area contributed by atoms with Crippen molar-refractivity contribution in [1.29, 1.82) is 5.26 Å². The molecule has 1 fully saturated rings. The number of benzene rings is 1. The third-order valence-corrected chi connectivity index (χ3v) is 2.93. The number of nitriles is 1. The molecule has 0 spiro atoms. The number of nitrogens with zero attached hydrogens (tertiary/aromatic N) is 1. The minimum atomic E-state index is 0.0345. The summed E-state index contributed by atoms with van der Waals surface area (Å²) in [7, 11) is 0. The molecule has 0 aromatic heterocycles. The van der Waals surface area contributed by atoms with Crippen LogP contribution in [0.2, 0.25) is 0 Å². The summed E-state index contributed by atoms with van der Waals surface area (Å²) < 4.78 is 0. The lowest BCUT2D eigenvalue weighted by molar-refractivity contribution is -0.120. The largest absolute Gasteiger partial charge is 0.326 e. The van der Waals surface area contributed by atoms with Gasteiger partial charge in [-0.2, -0.15) is 5.26 Å². The highest BCUT2D eigenvalue weighted by atomic mass is 16.1. The Morgan fingerprint density at radius 3 is 3.12 bits per heavy atom. The smallest absolute Gasteiger partial charge is 0.228 e. The first-order chi connectivity index (χ1) is 8.29. The minimum absolute atomic E-state index is 0.0345. The monoisotopic (exact) mass is 229 g/mol. The van der Waals surface area contributed by atoms with Gasteiger partial charge in [0.2, 0.25) is 5.91 Å². The van der Waals surface area contributed by atoms with Crippen molar-refractivity contribution in [1.82, 2.24) is 5.32 Å². The van der Waals surface area contributed by atoms with E-state index in [4.69, 9.17) is 5.26 Å². The molecule has 1 aliphatic rings. The van der Waals surface area contributed by atoms with Gasteiger partial charge in [-0.25, -0.2) is 0 Å². The van der Waals surface area contributed by atoms with E-state index in [-0.39, 0.29) is 11.8 Å². The summed E-state index contributed by atoms with van der Waals surface area (Å²) in [5.74, 6) is 0.0711. The number of rotatable bonds is 2. The zero-order chi connectivity index (χ0) is 12.1. The Morgan fingerprint density at radius 1 is 1.53 bits per heavy atom. The van der Waals surface area contributed by atoms with Crippen LogP contribution in [0, 0.1) is 17.2 Å². The first kappa shape index (κ1) is 11.6. The highest BCUT2D eigenvalue weighted by molar-refractivity contribution is 5.92. The summed E-state index contributed by atoms with van der Waals surface area (Å²) in [4.78, 5) is 11.9. The van der Waals surface area contributed by atoms with Crippen LogP contribution >= 0.6 is 0 Å². The summed E-state index contributed by atoms with van der Waals surface area (Å²) in [5, 5.41) is 14.8. The van der Waals surface area contributed by atoms with Gasteiger partial charge in [-0.1, -0.05) is 6.07 Å². The lowest BCUT2D eigenvalue weighted by Gasteiger charge is -2.21. The predicted octanol–water partition coefficient (Wildman–Crippen LogP) is 1.50. The quantitative estimate of drug-likeness (QED) is 0.807. The fourth-order valence-corrected chi connectivity index (χ4v) is 1.99. The average molecular weight is 229 g/mol. The molecule has 2 N–H and O–H groups in total. The summed E-state index contributed by atoms with van der Waals surface area (Å²) >= 11 is 0. The molecule has 2 rings (SSSR count). The van der Waals surface area contributed by atoms with Crippen LogP contribution in [0.5, 0.6) is 0 Å². The van der Waals surface area contributed by atoms with Gasteiger partial charge in [0, 0.05) is 12.2 Å². The minimum Gasteiger partial charge on any atom is -0.326 e. The number of hydrogen-bond acceptors (Lipinski definition) is 3. The Kier molecular flexibility index (Phi) is 3.73. The van der Waals surface area contributed by atoms with Crippen LogP contribution in [0.15, 0.2) is 24.3 Å². The predicted molar refractivity (Wildman–Crippen MR) is 65.4 cm³/mol. The number of amides is 1. The third-order valence-electron chi connectivity index (χ3n) is 2.93. The number of nitrogens with one attached hydrogen (secondary N) is 2. The maximum Gasteiger partial charge on any atom is 0.228 e. The van der Waals surface area contributed by atoms with Crippen LogP contribution < -0.4 is 10.6 Å². The Morgan fingerprint density at radius 2 is 2.41 bits per heavy atom. The van der Waals surface area contributed by atoms with Crippen LogP contribution in [0.3, 0.4) is 0 Å². The highest BCUT2D eigenvalue weighted by Gasteiger charge is 2.20. The van der Waals surface area contributed by atoms with Gasteiger partial charge in [-0.3, -0.25) is 4.79 Å². The molecule has 0 bridgehead atoms. The van der Waals surface area contributed by atoms with E-state index in [2.05, 4.69) is 16.7 Å². The topological polar surface area (TPSA) is 64.9 Å². The first-order valence-corrected chi connectivity index (χ1v) is 5.81. The van der Waals surface area contributed by atoms with Crippen molar-refractivity contribution < 1.29 is 4.79 Å². The first-order valence-electron chi connectivity index (χ1n) is 5.81. The van der Waals surface area contributed by atoms with E-state index >= 15 is 0 Å². The molecule has 4 nitrogen and oxygen atoms in total. The zero-order valence-electron chi connectivity index (χ0n) is 9.57. The molecule has 0 unspecified atom stereocenters. The van der Waals surface area contributed by atoms with Crippen molar-refractivity contribution in [3.05, 3.63) is 29.8 Å². The van der Waals surface area contributed by atoms with Crippen molar-refractivity contribution in [3.63, 3.8) is 0 Å². The van der Waals surface area contributed by atoms with Crippen molar-refractivity contribution in [2.45, 2.75) is 12.8 Å². The van der Waals surface area contributed by atoms with Crippen LogP contribution in [0.4, 0.5) is 5.69 Å². The molecule has 1 saturated heterocycles. The van der Waals surface area contributed by atoms with Crippen molar-refractivity contribution in [3.8, 4) is 6.07 Å². The fourth-order valence-electron chi connectivity index (χ4n) is 1.99. The van der Waals surface area contributed by atoms with Gasteiger partial charge < -0.3 is 10.6 Å². The van der Waals surface area contributed by atoms with E-state index in [1.54, 1.807) is 24.3 Å². The third kappa shape index (κ3) is 3.05. The molecule has 1 aromatic carbocycles. The normalized spacial score (nSPS) is 19.4. The SMILES string of the molecule is N#Cc1cccc(NC(=O)[C@@H]2CCCNC2)c1. The maximum absolute atomic E-state index is 11.9. The Bertz CT molecular complexity index is 444. The standard InChI is InChI=1S/C13H15N3O/c14-8-10-3-1-5-12(7-10)16-13(17)11-4-2-6-15-9-11/h1,3,5,7,11,15H,2,4,6,9H2,(H,16,17)/t11-/m1/s1. The molecule has 0 radical (unpaired) electrons. The number of carbonyl (C=O) groups excluding carboxylic acids is 1. The van der Waals surface area contributed by atoms with Gasteiger partial charge in [0.05, 0.1) is 17.6 Å². The summed E-state index contributed by atoms with van der Waals surface area (Å²) in [6.45, 7) is 1.73. The van der Waals surface area contributed by atoms with E-state index in [0.29, 0.717) is 11.3 Å². The summed E-state index contributed by atoms with van der Waals surface area (Å²) in [6.07, 6.45) is 1.97. The molecular formula is C13H15N3O. The van der Waals surface area contributed by atoms with Crippen LogP contribution in [0.1, 0.15) is 18.4 Å². The Hall–Kier alpha value is -1.86. The summed E-state index contributed by atoms with van der Waals surface area (Å²) in [6, 6.07) is 9.04. The van der Waals surface area contributed by atoms with Crippen molar-refractivity contribution >= 4 is 11.6 Å². The highest BCUT2D eigenvalue weighted by Crippen LogP contribution is 2.15. The second kappa shape index (κ2) is 5.46. The molecule has 1 heterocycles. The molecular weight excluding hydrogens is 214 g/mol. The number of carbonyl (C=O) groups is 1. The molecule has 1 aliphatic heterocycles. The van der Waals surface area contributed by atoms with Crippen molar-refractivity contribution in [2.24, 2.45) is 5.92 Å². The van der Waals surface area contributed by atoms with Gasteiger partial charge >= 0.3 is 0 Å². The average Bonchev–Trinajstić information content (AvgIpc) is 2.40. The number of hydrogen-bond donors (Lipinski definition) is 2. The molecule has 88 valence electrons. The second-order valence-corrected chi connectivity index (χ2v) is 4.23. The van der Waals surface area contributed by atoms with Crippen LogP contribution in [0.25, 0.3) is 0 Å². The molecule has 1 atom stereocenters. The van der Waals surface area contributed by atoms with E-state index in [0.717, 1.165) is 25.9 Å². The van der Waals surface area contributed by atoms with Crippen LogP contribution in [-0.4, -0.2) is 19.0 Å². The van der Waals surface area contributed by atoms with E-state index in [1.165, 1.54) is 0 Å². The van der Waals surface area contributed by atoms with Crippen LogP contribution in [-0.2, 0) is 4.79 Å². The van der Waals surface area contributed by atoms with E-state index in [9.17, 15) is 4.79 Å². The molecule has 17 heavy (non-hydrogen) atoms. The lowest BCUT2D eigenvalue weighted by Crippen LogP contribution is -2.37. The van der Waals surface area contributed by atoms with E-state index in [1.807, 2.05) is 0 Å². The zero-order valence-corrected chi connectivity index (χ0v) is 9.57. The summed E-state index contributed by atoms with van der Waals surface area (Å²) in [5.41, 5.74) is 1.25. The van der Waals surface area contributed by atoms with Gasteiger partial charge in [-0.15, -0.1) is 0 Å². The van der Waals surface area contributed by atoms with Gasteiger partial charge in [0.15, 0.2) is 0 Å². The maximum atomic E-state index is 11.9. The molecule has 1 amide bonds. The molecule has 1 aromatic rings. The second-order valence-electron chi connectivity index (χ2n) is 4.23. The Labute approximate surface area is 101 Å². The molecule has 0 aliphatic carbocycles. The lowest BCUT2D eigenvalue weighted by atomic mass is 9.99. The van der Waals surface area contributed by atoms with Gasteiger partial charge in [0.1, 0.15) is 0 Å². The van der Waals surface area contributed by atoms with E-state index < -0.39 is 0 Å². The van der Waals surface area contributed by atoms with Crippen molar-refractivity contribution in [2.75, 3.05) is 18.4 Å². The number of anilines is 1. The molecule has 0 saturated carbocycles. The fraction of sp³-hybridized carbons (Fsp3) is 0.385. The Balaban J connectivity index is 1.99. The molecule has 4 heteroatoms. The van der Waals surface area contributed by atoms with Gasteiger partial charge in [0.25, 0.3) is 0 Å². The number of piperidine rings is 1.